The number of unbranched alkanes of at least 4 members (excludes halogenated alkanes) is 1. The molecule has 0 aliphatic heterocycles. The molecule has 3 N–H and O–H groups in total. The largest absolute Gasteiger partial charge is 0.445 e. The summed E-state index contributed by atoms with van der Waals surface area (Å²) in [6.45, 7) is 3.62. The SMILES string of the molecule is CCCCNC(=O)CC(=O)NCCCNC(=O)OCc1ccccc1. The van der Waals surface area contributed by atoms with Crippen molar-refractivity contribution in [2.45, 2.75) is 39.2 Å². The minimum Gasteiger partial charge on any atom is -0.445 e. The third kappa shape index (κ3) is 10.8. The first-order chi connectivity index (χ1) is 12.1. The molecule has 1 aromatic carbocycles. The maximum atomic E-state index is 11.6. The maximum absolute atomic E-state index is 11.6. The van der Waals surface area contributed by atoms with Crippen LogP contribution in [0.3, 0.4) is 0 Å². The van der Waals surface area contributed by atoms with Crippen LogP contribution in [0.1, 0.15) is 38.2 Å². The third-order valence-electron chi connectivity index (χ3n) is 3.33. The summed E-state index contributed by atoms with van der Waals surface area (Å²) in [5, 5.41) is 7.94. The number of hydrogen-bond donors (Lipinski definition) is 3. The second-order valence-corrected chi connectivity index (χ2v) is 5.57. The fourth-order valence-electron chi connectivity index (χ4n) is 1.96. The van der Waals surface area contributed by atoms with Gasteiger partial charge in [-0.15, -0.1) is 0 Å². The number of carbonyl (C=O) groups excluding carboxylic acids is 3. The van der Waals surface area contributed by atoms with E-state index in [0.29, 0.717) is 26.1 Å². The van der Waals surface area contributed by atoms with Crippen molar-refractivity contribution in [1.29, 1.82) is 0 Å². The first kappa shape index (κ1) is 20.5. The van der Waals surface area contributed by atoms with Crippen molar-refractivity contribution >= 4 is 17.9 Å². The van der Waals surface area contributed by atoms with E-state index in [-0.39, 0.29) is 24.8 Å². The van der Waals surface area contributed by atoms with Crippen LogP contribution in [0.2, 0.25) is 0 Å². The van der Waals surface area contributed by atoms with Crippen LogP contribution in [-0.4, -0.2) is 37.5 Å². The highest BCUT2D eigenvalue weighted by Crippen LogP contribution is 2.00. The van der Waals surface area contributed by atoms with Crippen molar-refractivity contribution in [3.63, 3.8) is 0 Å². The summed E-state index contributed by atoms with van der Waals surface area (Å²) in [5.41, 5.74) is 0.919. The molecule has 138 valence electrons. The van der Waals surface area contributed by atoms with Crippen LogP contribution in [0.15, 0.2) is 30.3 Å². The molecule has 0 aromatic heterocycles. The number of benzene rings is 1. The molecule has 0 atom stereocenters. The predicted octanol–water partition coefficient (Wildman–Crippen LogP) is 1.73. The van der Waals surface area contributed by atoms with Gasteiger partial charge >= 0.3 is 6.09 Å². The summed E-state index contributed by atoms with van der Waals surface area (Å²) in [4.78, 5) is 34.5. The summed E-state index contributed by atoms with van der Waals surface area (Å²) < 4.78 is 5.06. The standard InChI is InChI=1S/C18H27N3O4/c1-2-3-10-19-16(22)13-17(23)20-11-7-12-21-18(24)25-14-15-8-5-4-6-9-15/h4-6,8-9H,2-3,7,10-14H2,1H3,(H,19,22)(H,20,23)(H,21,24). The van der Waals surface area contributed by atoms with Gasteiger partial charge in [0.2, 0.25) is 11.8 Å². The van der Waals surface area contributed by atoms with Crippen LogP contribution in [0.4, 0.5) is 4.79 Å². The average Bonchev–Trinajstić information content (AvgIpc) is 2.60. The van der Waals surface area contributed by atoms with Crippen LogP contribution < -0.4 is 16.0 Å². The van der Waals surface area contributed by atoms with Gasteiger partial charge in [0.1, 0.15) is 13.0 Å². The lowest BCUT2D eigenvalue weighted by molar-refractivity contribution is -0.129. The summed E-state index contributed by atoms with van der Waals surface area (Å²) in [7, 11) is 0. The fraction of sp³-hybridized carbons (Fsp3) is 0.500. The molecular formula is C18H27N3O4. The molecule has 7 nitrogen and oxygen atoms in total. The monoisotopic (exact) mass is 349 g/mol. The fourth-order valence-corrected chi connectivity index (χ4v) is 1.96. The minimum absolute atomic E-state index is 0.170. The van der Waals surface area contributed by atoms with Crippen molar-refractivity contribution in [1.82, 2.24) is 16.0 Å². The predicted molar refractivity (Wildman–Crippen MR) is 94.8 cm³/mol. The Labute approximate surface area is 148 Å². The second-order valence-electron chi connectivity index (χ2n) is 5.57. The Bertz CT molecular complexity index is 534. The zero-order valence-electron chi connectivity index (χ0n) is 14.7. The van der Waals surface area contributed by atoms with Gasteiger partial charge in [-0.25, -0.2) is 4.79 Å². The van der Waals surface area contributed by atoms with E-state index in [0.717, 1.165) is 18.4 Å². The summed E-state index contributed by atoms with van der Waals surface area (Å²) in [6.07, 6.45) is 1.79. The molecule has 3 amide bonds. The smallest absolute Gasteiger partial charge is 0.407 e. The minimum atomic E-state index is -0.495. The molecular weight excluding hydrogens is 322 g/mol. The van der Waals surface area contributed by atoms with Crippen molar-refractivity contribution in [2.24, 2.45) is 0 Å². The average molecular weight is 349 g/mol. The van der Waals surface area contributed by atoms with Crippen LogP contribution >= 0.6 is 0 Å². The summed E-state index contributed by atoms with van der Waals surface area (Å²) in [5.74, 6) is -0.589. The molecule has 0 spiro atoms. The lowest BCUT2D eigenvalue weighted by atomic mass is 10.2. The molecule has 1 rings (SSSR count). The highest BCUT2D eigenvalue weighted by molar-refractivity contribution is 5.96. The Morgan fingerprint density at radius 2 is 1.48 bits per heavy atom. The van der Waals surface area contributed by atoms with E-state index < -0.39 is 6.09 Å². The van der Waals surface area contributed by atoms with E-state index in [4.69, 9.17) is 4.74 Å². The topological polar surface area (TPSA) is 96.5 Å². The normalized spacial score (nSPS) is 9.96. The van der Waals surface area contributed by atoms with Gasteiger partial charge in [0, 0.05) is 19.6 Å². The molecule has 0 aliphatic rings. The lowest BCUT2D eigenvalue weighted by Crippen LogP contribution is -2.34. The Morgan fingerprint density at radius 3 is 2.12 bits per heavy atom. The van der Waals surface area contributed by atoms with Crippen molar-refractivity contribution in [3.05, 3.63) is 35.9 Å². The molecule has 25 heavy (non-hydrogen) atoms. The zero-order chi connectivity index (χ0) is 18.3. The summed E-state index contributed by atoms with van der Waals surface area (Å²) in [6, 6.07) is 9.40. The molecule has 0 heterocycles. The number of carbonyl (C=O) groups is 3. The number of alkyl carbamates (subject to hydrolysis) is 1. The van der Waals surface area contributed by atoms with Crippen LogP contribution in [0, 0.1) is 0 Å². The highest BCUT2D eigenvalue weighted by Gasteiger charge is 2.08. The van der Waals surface area contributed by atoms with E-state index in [1.807, 2.05) is 37.3 Å². The first-order valence-corrected chi connectivity index (χ1v) is 8.59. The van der Waals surface area contributed by atoms with E-state index >= 15 is 0 Å². The Balaban J connectivity index is 2.00. The number of nitrogens with one attached hydrogen (secondary N) is 3. The van der Waals surface area contributed by atoms with E-state index in [1.165, 1.54) is 0 Å². The Morgan fingerprint density at radius 1 is 0.880 bits per heavy atom. The van der Waals surface area contributed by atoms with E-state index in [1.54, 1.807) is 0 Å². The number of hydrogen-bond acceptors (Lipinski definition) is 4. The molecule has 0 unspecified atom stereocenters. The number of amides is 3. The maximum Gasteiger partial charge on any atom is 0.407 e. The number of rotatable bonds is 11. The zero-order valence-corrected chi connectivity index (χ0v) is 14.7. The van der Waals surface area contributed by atoms with Crippen molar-refractivity contribution < 1.29 is 19.1 Å². The van der Waals surface area contributed by atoms with Gasteiger partial charge < -0.3 is 20.7 Å². The molecule has 1 aromatic rings. The molecule has 0 fully saturated rings. The van der Waals surface area contributed by atoms with Gasteiger partial charge in [-0.2, -0.15) is 0 Å². The van der Waals surface area contributed by atoms with Gasteiger partial charge in [-0.3, -0.25) is 9.59 Å². The van der Waals surface area contributed by atoms with Crippen molar-refractivity contribution in [3.8, 4) is 0 Å². The van der Waals surface area contributed by atoms with Crippen LogP contribution in [-0.2, 0) is 20.9 Å². The Kier molecular flexibility index (Phi) is 10.5. The third-order valence-corrected chi connectivity index (χ3v) is 3.33. The molecule has 0 aliphatic carbocycles. The van der Waals surface area contributed by atoms with Gasteiger partial charge in [-0.05, 0) is 18.4 Å². The number of ether oxygens (including phenoxy) is 1. The van der Waals surface area contributed by atoms with Gasteiger partial charge in [0.15, 0.2) is 0 Å². The van der Waals surface area contributed by atoms with Crippen LogP contribution in [0.5, 0.6) is 0 Å². The molecule has 0 bridgehead atoms. The quantitative estimate of drug-likeness (QED) is 0.419. The van der Waals surface area contributed by atoms with Gasteiger partial charge in [-0.1, -0.05) is 43.7 Å². The van der Waals surface area contributed by atoms with Gasteiger partial charge in [0.05, 0.1) is 0 Å². The first-order valence-electron chi connectivity index (χ1n) is 8.59. The molecule has 7 heteroatoms. The molecule has 0 saturated heterocycles. The summed E-state index contributed by atoms with van der Waals surface area (Å²) >= 11 is 0. The highest BCUT2D eigenvalue weighted by atomic mass is 16.5. The Hall–Kier alpha value is -2.57. The molecule has 0 radical (unpaired) electrons. The van der Waals surface area contributed by atoms with Crippen LogP contribution in [0.25, 0.3) is 0 Å². The van der Waals surface area contributed by atoms with E-state index in [2.05, 4.69) is 16.0 Å². The van der Waals surface area contributed by atoms with Gasteiger partial charge in [0.25, 0.3) is 0 Å². The second kappa shape index (κ2) is 12.8. The van der Waals surface area contributed by atoms with E-state index in [9.17, 15) is 14.4 Å². The van der Waals surface area contributed by atoms with Crippen molar-refractivity contribution in [2.75, 3.05) is 19.6 Å². The molecule has 0 saturated carbocycles. The lowest BCUT2D eigenvalue weighted by Gasteiger charge is -2.08.